The van der Waals surface area contributed by atoms with Gasteiger partial charge >= 0.3 is 0 Å². The maximum Gasteiger partial charge on any atom is 0.232 e. The van der Waals surface area contributed by atoms with Crippen LogP contribution in [0.3, 0.4) is 0 Å². The lowest BCUT2D eigenvalue weighted by Crippen LogP contribution is -2.44. The van der Waals surface area contributed by atoms with Gasteiger partial charge in [0.2, 0.25) is 5.91 Å². The zero-order valence-corrected chi connectivity index (χ0v) is 15.7. The van der Waals surface area contributed by atoms with Gasteiger partial charge in [-0.3, -0.25) is 4.79 Å². The average molecular weight is 372 g/mol. The minimum Gasteiger partial charge on any atom is -0.385 e. The van der Waals surface area contributed by atoms with Crippen molar-refractivity contribution in [3.8, 4) is 0 Å². The number of carbonyl (C=O) groups is 1. The lowest BCUT2D eigenvalue weighted by Gasteiger charge is -2.26. The van der Waals surface area contributed by atoms with E-state index in [-0.39, 0.29) is 17.4 Å². The smallest absolute Gasteiger partial charge is 0.232 e. The standard InChI is InChI=1S/C17H25NO4S2/c1-22-9-3-6-15-4-2-5-16(12-15)13-23-14-17(19)18-7-10-24(20,21)11-8-18/h2,4-5,12H,3,6-11,13-14H2,1H3. The van der Waals surface area contributed by atoms with Gasteiger partial charge in [-0.1, -0.05) is 24.3 Å². The molecule has 1 saturated heterocycles. The van der Waals surface area contributed by atoms with Crippen LogP contribution < -0.4 is 0 Å². The molecule has 1 aromatic rings. The molecule has 5 nitrogen and oxygen atoms in total. The number of carbonyl (C=O) groups excluding carboxylic acids is 1. The van der Waals surface area contributed by atoms with Gasteiger partial charge in [-0.2, -0.15) is 0 Å². The fourth-order valence-electron chi connectivity index (χ4n) is 2.60. The second-order valence-electron chi connectivity index (χ2n) is 5.94. The van der Waals surface area contributed by atoms with Gasteiger partial charge in [0.05, 0.1) is 17.3 Å². The van der Waals surface area contributed by atoms with Gasteiger partial charge in [0.1, 0.15) is 0 Å². The third kappa shape index (κ3) is 6.45. The summed E-state index contributed by atoms with van der Waals surface area (Å²) >= 11 is 1.58. The molecule has 134 valence electrons. The molecule has 0 radical (unpaired) electrons. The molecule has 0 atom stereocenters. The van der Waals surface area contributed by atoms with Crippen LogP contribution in [0.25, 0.3) is 0 Å². The van der Waals surface area contributed by atoms with E-state index in [0.717, 1.165) is 25.2 Å². The van der Waals surface area contributed by atoms with E-state index in [0.29, 0.717) is 18.8 Å². The van der Waals surface area contributed by atoms with Crippen molar-refractivity contribution >= 4 is 27.5 Å². The molecule has 0 N–H and O–H groups in total. The predicted molar refractivity (Wildman–Crippen MR) is 98.0 cm³/mol. The summed E-state index contributed by atoms with van der Waals surface area (Å²) in [6.45, 7) is 1.42. The van der Waals surface area contributed by atoms with Crippen molar-refractivity contribution < 1.29 is 17.9 Å². The maximum atomic E-state index is 12.1. The molecule has 2 rings (SSSR count). The molecule has 1 aliphatic rings. The topological polar surface area (TPSA) is 63.7 Å². The Bertz CT molecular complexity index is 632. The molecule has 1 amide bonds. The quantitative estimate of drug-likeness (QED) is 0.652. The number of sulfone groups is 1. The van der Waals surface area contributed by atoms with Crippen LogP contribution in [0.5, 0.6) is 0 Å². The summed E-state index contributed by atoms with van der Waals surface area (Å²) in [5.74, 6) is 1.40. The van der Waals surface area contributed by atoms with Gasteiger partial charge in [-0.15, -0.1) is 11.8 Å². The molecule has 1 fully saturated rings. The number of aryl methyl sites for hydroxylation is 1. The van der Waals surface area contributed by atoms with Crippen LogP contribution in [-0.2, 0) is 31.5 Å². The molecule has 24 heavy (non-hydrogen) atoms. The van der Waals surface area contributed by atoms with E-state index in [2.05, 4.69) is 24.3 Å². The second kappa shape index (κ2) is 9.44. The minimum atomic E-state index is -2.94. The number of ether oxygens (including phenoxy) is 1. The first-order chi connectivity index (χ1) is 11.5. The van der Waals surface area contributed by atoms with Gasteiger partial charge in [0.25, 0.3) is 0 Å². The maximum absolute atomic E-state index is 12.1. The third-order valence-corrected chi connectivity index (χ3v) is 6.59. The Morgan fingerprint density at radius 3 is 2.67 bits per heavy atom. The summed E-state index contributed by atoms with van der Waals surface area (Å²) in [7, 11) is -1.23. The van der Waals surface area contributed by atoms with Crippen LogP contribution in [0, 0.1) is 0 Å². The van der Waals surface area contributed by atoms with Gasteiger partial charge in [0.15, 0.2) is 9.84 Å². The highest BCUT2D eigenvalue weighted by Gasteiger charge is 2.24. The van der Waals surface area contributed by atoms with Crippen LogP contribution >= 0.6 is 11.8 Å². The van der Waals surface area contributed by atoms with Crippen LogP contribution in [0.2, 0.25) is 0 Å². The molecule has 0 unspecified atom stereocenters. The summed E-state index contributed by atoms with van der Waals surface area (Å²) < 4.78 is 27.9. The number of hydrogen-bond donors (Lipinski definition) is 0. The van der Waals surface area contributed by atoms with Gasteiger partial charge < -0.3 is 9.64 Å². The van der Waals surface area contributed by atoms with Crippen molar-refractivity contribution in [2.45, 2.75) is 18.6 Å². The summed E-state index contributed by atoms with van der Waals surface area (Å²) in [6, 6.07) is 8.42. The van der Waals surface area contributed by atoms with Crippen molar-refractivity contribution in [3.05, 3.63) is 35.4 Å². The molecule has 0 aromatic heterocycles. The predicted octanol–water partition coefficient (Wildman–Crippen LogP) is 1.76. The van der Waals surface area contributed by atoms with Crippen molar-refractivity contribution in [3.63, 3.8) is 0 Å². The highest BCUT2D eigenvalue weighted by atomic mass is 32.2. The Balaban J connectivity index is 1.73. The van der Waals surface area contributed by atoms with Crippen LogP contribution in [-0.4, -0.2) is 63.3 Å². The molecular formula is C17H25NO4S2. The third-order valence-electron chi connectivity index (χ3n) is 4.00. The first-order valence-electron chi connectivity index (χ1n) is 8.13. The number of rotatable bonds is 8. The zero-order valence-electron chi connectivity index (χ0n) is 14.1. The Labute approximate surface area is 148 Å². The normalized spacial score (nSPS) is 17.0. The highest BCUT2D eigenvalue weighted by molar-refractivity contribution is 7.99. The Morgan fingerprint density at radius 1 is 1.25 bits per heavy atom. The summed E-state index contributed by atoms with van der Waals surface area (Å²) in [4.78, 5) is 13.8. The van der Waals surface area contributed by atoms with E-state index in [9.17, 15) is 13.2 Å². The van der Waals surface area contributed by atoms with E-state index < -0.39 is 9.84 Å². The van der Waals surface area contributed by atoms with Crippen LogP contribution in [0.4, 0.5) is 0 Å². The number of thioether (sulfide) groups is 1. The monoisotopic (exact) mass is 371 g/mol. The number of nitrogens with zero attached hydrogens (tertiary/aromatic N) is 1. The molecule has 1 aromatic carbocycles. The number of benzene rings is 1. The zero-order chi connectivity index (χ0) is 17.4. The highest BCUT2D eigenvalue weighted by Crippen LogP contribution is 2.16. The van der Waals surface area contributed by atoms with Crippen molar-refractivity contribution in [1.82, 2.24) is 4.90 Å². The summed E-state index contributed by atoms with van der Waals surface area (Å²) in [6.07, 6.45) is 2.00. The van der Waals surface area contributed by atoms with Crippen molar-refractivity contribution in [2.75, 3.05) is 44.1 Å². The Hall–Kier alpha value is -1.05. The first kappa shape index (κ1) is 19.3. The van der Waals surface area contributed by atoms with Gasteiger partial charge in [-0.25, -0.2) is 8.42 Å². The molecule has 7 heteroatoms. The second-order valence-corrected chi connectivity index (χ2v) is 9.23. The molecule has 0 saturated carbocycles. The molecular weight excluding hydrogens is 346 g/mol. The van der Waals surface area contributed by atoms with Crippen LogP contribution in [0.1, 0.15) is 17.5 Å². The van der Waals surface area contributed by atoms with E-state index >= 15 is 0 Å². The molecule has 1 aliphatic heterocycles. The number of hydrogen-bond acceptors (Lipinski definition) is 5. The first-order valence-corrected chi connectivity index (χ1v) is 11.1. The Kier molecular flexibility index (Phi) is 7.58. The summed E-state index contributed by atoms with van der Waals surface area (Å²) in [5.41, 5.74) is 2.50. The number of amides is 1. The lowest BCUT2D eigenvalue weighted by atomic mass is 10.1. The average Bonchev–Trinajstić information content (AvgIpc) is 2.55. The van der Waals surface area contributed by atoms with E-state index in [1.165, 1.54) is 11.1 Å². The molecule has 0 spiro atoms. The number of methoxy groups -OCH3 is 1. The molecule has 1 heterocycles. The fourth-order valence-corrected chi connectivity index (χ4v) is 4.68. The SMILES string of the molecule is COCCCc1cccc(CSCC(=O)N2CCS(=O)(=O)CC2)c1. The Morgan fingerprint density at radius 2 is 1.96 bits per heavy atom. The van der Waals surface area contributed by atoms with Crippen LogP contribution in [0.15, 0.2) is 24.3 Å². The molecule has 0 aliphatic carbocycles. The lowest BCUT2D eigenvalue weighted by molar-refractivity contribution is -0.128. The van der Waals surface area contributed by atoms with Gasteiger partial charge in [0, 0.05) is 32.6 Å². The molecule has 0 bridgehead atoms. The minimum absolute atomic E-state index is 0.0335. The van der Waals surface area contributed by atoms with E-state index in [4.69, 9.17) is 4.74 Å². The largest absolute Gasteiger partial charge is 0.385 e. The van der Waals surface area contributed by atoms with E-state index in [1.54, 1.807) is 23.8 Å². The van der Waals surface area contributed by atoms with Crippen molar-refractivity contribution in [1.29, 1.82) is 0 Å². The summed E-state index contributed by atoms with van der Waals surface area (Å²) in [5, 5.41) is 0. The van der Waals surface area contributed by atoms with Gasteiger partial charge in [-0.05, 0) is 24.0 Å². The fraction of sp³-hybridized carbons (Fsp3) is 0.588. The van der Waals surface area contributed by atoms with E-state index in [1.807, 2.05) is 0 Å². The van der Waals surface area contributed by atoms with Crippen molar-refractivity contribution in [2.24, 2.45) is 0 Å².